The van der Waals surface area contributed by atoms with Gasteiger partial charge in [-0.15, -0.1) is 11.3 Å². The zero-order chi connectivity index (χ0) is 13.0. The first-order chi connectivity index (χ1) is 8.70. The zero-order valence-electron chi connectivity index (χ0n) is 10.4. The Hall–Kier alpha value is -0.840. The van der Waals surface area contributed by atoms with Crippen LogP contribution in [0.4, 0.5) is 5.69 Å². The fourth-order valence-electron chi connectivity index (χ4n) is 1.88. The molecule has 0 aliphatic rings. The second-order valence-corrected chi connectivity index (χ2v) is 6.03. The average Bonchev–Trinajstić information content (AvgIpc) is 2.81. The van der Waals surface area contributed by atoms with Gasteiger partial charge in [-0.3, -0.25) is 0 Å². The lowest BCUT2D eigenvalue weighted by atomic mass is 10.2. The molecular formula is C14H17BrN2S. The Kier molecular flexibility index (Phi) is 4.80. The monoisotopic (exact) mass is 324 g/mol. The van der Waals surface area contributed by atoms with Crippen LogP contribution in [0.1, 0.15) is 22.9 Å². The molecule has 0 saturated heterocycles. The molecule has 0 unspecified atom stereocenters. The molecule has 0 atom stereocenters. The summed E-state index contributed by atoms with van der Waals surface area (Å²) in [5.74, 6) is 0. The highest BCUT2D eigenvalue weighted by Crippen LogP contribution is 2.20. The van der Waals surface area contributed by atoms with E-state index in [1.807, 2.05) is 29.5 Å². The molecule has 0 saturated carbocycles. The standard InChI is InChI=1S/C14H17BrN2S/c1-2-10-5-6-18-14(10)9-17-8-11-7-12(16)3-4-13(11)15/h3-7,17H,2,8-9,16H2,1H3. The van der Waals surface area contributed by atoms with E-state index in [0.717, 1.165) is 29.7 Å². The summed E-state index contributed by atoms with van der Waals surface area (Å²) in [6.45, 7) is 3.94. The van der Waals surface area contributed by atoms with Crippen molar-refractivity contribution in [3.63, 3.8) is 0 Å². The Morgan fingerprint density at radius 3 is 2.83 bits per heavy atom. The molecule has 2 aromatic rings. The lowest BCUT2D eigenvalue weighted by Crippen LogP contribution is -2.13. The highest BCUT2D eigenvalue weighted by Gasteiger charge is 2.03. The smallest absolute Gasteiger partial charge is 0.0318 e. The SMILES string of the molecule is CCc1ccsc1CNCc1cc(N)ccc1Br. The third-order valence-electron chi connectivity index (χ3n) is 2.89. The Morgan fingerprint density at radius 2 is 2.06 bits per heavy atom. The molecule has 0 fully saturated rings. The van der Waals surface area contributed by atoms with Crippen molar-refractivity contribution in [2.45, 2.75) is 26.4 Å². The molecule has 2 nitrogen and oxygen atoms in total. The Labute approximate surface area is 120 Å². The molecule has 0 bridgehead atoms. The largest absolute Gasteiger partial charge is 0.399 e. The molecule has 0 aliphatic heterocycles. The number of halogens is 1. The molecule has 0 radical (unpaired) electrons. The van der Waals surface area contributed by atoms with E-state index in [4.69, 9.17) is 5.73 Å². The molecule has 18 heavy (non-hydrogen) atoms. The predicted octanol–water partition coefficient (Wildman–Crippen LogP) is 3.95. The number of nitrogens with two attached hydrogens (primary N) is 1. The number of hydrogen-bond acceptors (Lipinski definition) is 3. The number of anilines is 1. The summed E-state index contributed by atoms with van der Waals surface area (Å²) < 4.78 is 1.10. The number of rotatable bonds is 5. The highest BCUT2D eigenvalue weighted by molar-refractivity contribution is 9.10. The Bertz CT molecular complexity index is 522. The minimum atomic E-state index is 0.806. The molecule has 0 aliphatic carbocycles. The van der Waals surface area contributed by atoms with Gasteiger partial charge < -0.3 is 11.1 Å². The van der Waals surface area contributed by atoms with Gasteiger partial charge in [0.15, 0.2) is 0 Å². The lowest BCUT2D eigenvalue weighted by Gasteiger charge is -2.08. The van der Waals surface area contributed by atoms with Crippen molar-refractivity contribution >= 4 is 33.0 Å². The van der Waals surface area contributed by atoms with Crippen LogP contribution in [0.25, 0.3) is 0 Å². The summed E-state index contributed by atoms with van der Waals surface area (Å²) in [6, 6.07) is 8.11. The molecule has 1 heterocycles. The van der Waals surface area contributed by atoms with Crippen molar-refractivity contribution in [3.8, 4) is 0 Å². The lowest BCUT2D eigenvalue weighted by molar-refractivity contribution is 0.695. The first-order valence-electron chi connectivity index (χ1n) is 6.00. The van der Waals surface area contributed by atoms with Crippen molar-refractivity contribution in [1.29, 1.82) is 0 Å². The minimum absolute atomic E-state index is 0.806. The van der Waals surface area contributed by atoms with Crippen molar-refractivity contribution in [2.24, 2.45) is 0 Å². The van der Waals surface area contributed by atoms with Gasteiger partial charge in [0.25, 0.3) is 0 Å². The van der Waals surface area contributed by atoms with E-state index in [0.29, 0.717) is 0 Å². The molecule has 96 valence electrons. The third-order valence-corrected chi connectivity index (χ3v) is 4.63. The van der Waals surface area contributed by atoms with E-state index in [-0.39, 0.29) is 0 Å². The van der Waals surface area contributed by atoms with Crippen molar-refractivity contribution in [3.05, 3.63) is 50.1 Å². The van der Waals surface area contributed by atoms with Gasteiger partial charge in [-0.2, -0.15) is 0 Å². The molecule has 4 heteroatoms. The van der Waals surface area contributed by atoms with Gasteiger partial charge in [-0.05, 0) is 47.2 Å². The van der Waals surface area contributed by atoms with Gasteiger partial charge in [0.05, 0.1) is 0 Å². The van der Waals surface area contributed by atoms with E-state index in [1.165, 1.54) is 16.0 Å². The van der Waals surface area contributed by atoms with Gasteiger partial charge in [-0.25, -0.2) is 0 Å². The highest BCUT2D eigenvalue weighted by atomic mass is 79.9. The molecule has 2 rings (SSSR count). The maximum atomic E-state index is 5.79. The third kappa shape index (κ3) is 3.34. The number of hydrogen-bond donors (Lipinski definition) is 2. The Balaban J connectivity index is 1.94. The number of benzene rings is 1. The summed E-state index contributed by atoms with van der Waals surface area (Å²) in [4.78, 5) is 1.43. The van der Waals surface area contributed by atoms with Gasteiger partial charge in [-0.1, -0.05) is 22.9 Å². The number of thiophene rings is 1. The second kappa shape index (κ2) is 6.36. The molecule has 1 aromatic carbocycles. The predicted molar refractivity (Wildman–Crippen MR) is 82.8 cm³/mol. The number of nitrogen functional groups attached to an aromatic ring is 1. The van der Waals surface area contributed by atoms with Gasteiger partial charge in [0, 0.05) is 28.1 Å². The van der Waals surface area contributed by atoms with Crippen LogP contribution in [0.3, 0.4) is 0 Å². The summed E-state index contributed by atoms with van der Waals surface area (Å²) in [5, 5.41) is 5.63. The molecule has 0 amide bonds. The van der Waals surface area contributed by atoms with Crippen LogP contribution in [0.5, 0.6) is 0 Å². The van der Waals surface area contributed by atoms with E-state index in [1.54, 1.807) is 0 Å². The van der Waals surface area contributed by atoms with Crippen molar-refractivity contribution in [1.82, 2.24) is 5.32 Å². The quantitative estimate of drug-likeness (QED) is 0.817. The van der Waals surface area contributed by atoms with Crippen LogP contribution >= 0.6 is 27.3 Å². The van der Waals surface area contributed by atoms with Crippen LogP contribution < -0.4 is 11.1 Å². The maximum absolute atomic E-state index is 5.79. The van der Waals surface area contributed by atoms with Crippen LogP contribution in [0, 0.1) is 0 Å². The number of nitrogens with one attached hydrogen (secondary N) is 1. The normalized spacial score (nSPS) is 10.8. The topological polar surface area (TPSA) is 38.0 Å². The van der Waals surface area contributed by atoms with E-state index in [2.05, 4.69) is 39.6 Å². The summed E-state index contributed by atoms with van der Waals surface area (Å²) in [6.07, 6.45) is 1.10. The van der Waals surface area contributed by atoms with Gasteiger partial charge in [0.2, 0.25) is 0 Å². The van der Waals surface area contributed by atoms with E-state index >= 15 is 0 Å². The summed E-state index contributed by atoms with van der Waals surface area (Å²) in [5.41, 5.74) is 9.24. The minimum Gasteiger partial charge on any atom is -0.399 e. The Morgan fingerprint density at radius 1 is 1.22 bits per heavy atom. The van der Waals surface area contributed by atoms with E-state index < -0.39 is 0 Å². The molecule has 1 aromatic heterocycles. The molecule has 0 spiro atoms. The van der Waals surface area contributed by atoms with Crippen LogP contribution in [-0.2, 0) is 19.5 Å². The summed E-state index contributed by atoms with van der Waals surface area (Å²) >= 11 is 5.36. The second-order valence-electron chi connectivity index (χ2n) is 4.18. The maximum Gasteiger partial charge on any atom is 0.0318 e. The van der Waals surface area contributed by atoms with Gasteiger partial charge >= 0.3 is 0 Å². The van der Waals surface area contributed by atoms with Crippen molar-refractivity contribution in [2.75, 3.05) is 5.73 Å². The van der Waals surface area contributed by atoms with Crippen LogP contribution in [-0.4, -0.2) is 0 Å². The van der Waals surface area contributed by atoms with Crippen LogP contribution in [0.15, 0.2) is 34.1 Å². The summed E-state index contributed by atoms with van der Waals surface area (Å²) in [7, 11) is 0. The van der Waals surface area contributed by atoms with Crippen molar-refractivity contribution < 1.29 is 0 Å². The average molecular weight is 325 g/mol. The van der Waals surface area contributed by atoms with Crippen LogP contribution in [0.2, 0.25) is 0 Å². The first-order valence-corrected chi connectivity index (χ1v) is 7.68. The fraction of sp³-hybridized carbons (Fsp3) is 0.286. The zero-order valence-corrected chi connectivity index (χ0v) is 12.8. The van der Waals surface area contributed by atoms with Gasteiger partial charge in [0.1, 0.15) is 0 Å². The first kappa shape index (κ1) is 13.6. The molecular weight excluding hydrogens is 308 g/mol. The molecule has 3 N–H and O–H groups in total. The van der Waals surface area contributed by atoms with E-state index in [9.17, 15) is 0 Å². The fourth-order valence-corrected chi connectivity index (χ4v) is 3.21. The number of aryl methyl sites for hydroxylation is 1.